The Balaban J connectivity index is 2.39. The summed E-state index contributed by atoms with van der Waals surface area (Å²) in [6.07, 6.45) is 3.25. The van der Waals surface area contributed by atoms with Crippen LogP contribution in [0, 0.1) is 5.92 Å². The van der Waals surface area contributed by atoms with Crippen LogP contribution in [0.15, 0.2) is 29.2 Å². The minimum absolute atomic E-state index is 0.0701. The summed E-state index contributed by atoms with van der Waals surface area (Å²) in [5.41, 5.74) is 0. The minimum atomic E-state index is -3.18. The molecule has 1 rings (SSSR count). The largest absolute Gasteiger partial charge is 0.491 e. The monoisotopic (exact) mass is 313 g/mol. The molecule has 0 saturated heterocycles. The zero-order chi connectivity index (χ0) is 15.9. The van der Waals surface area contributed by atoms with Gasteiger partial charge >= 0.3 is 0 Å². The van der Waals surface area contributed by atoms with E-state index in [0.717, 1.165) is 25.9 Å². The summed E-state index contributed by atoms with van der Waals surface area (Å²) in [6.45, 7) is 8.40. The Hall–Kier alpha value is -1.07. The predicted octanol–water partition coefficient (Wildman–Crippen LogP) is 2.88. The van der Waals surface area contributed by atoms with E-state index >= 15 is 0 Å². The maximum absolute atomic E-state index is 11.5. The quantitative estimate of drug-likeness (QED) is 0.712. The topological polar surface area (TPSA) is 55.4 Å². The van der Waals surface area contributed by atoms with Crippen LogP contribution < -0.4 is 10.1 Å². The van der Waals surface area contributed by atoms with Crippen LogP contribution in [0.25, 0.3) is 0 Å². The highest BCUT2D eigenvalue weighted by molar-refractivity contribution is 7.90. The van der Waals surface area contributed by atoms with Crippen LogP contribution in [0.3, 0.4) is 0 Å². The van der Waals surface area contributed by atoms with E-state index in [1.165, 1.54) is 6.26 Å². The molecule has 0 saturated carbocycles. The summed E-state index contributed by atoms with van der Waals surface area (Å²) < 4.78 is 28.8. The molecule has 21 heavy (non-hydrogen) atoms. The molecule has 0 aromatic heterocycles. The van der Waals surface area contributed by atoms with Gasteiger partial charge in [0.1, 0.15) is 5.75 Å². The summed E-state index contributed by atoms with van der Waals surface area (Å²) in [4.78, 5) is 0.297. The van der Waals surface area contributed by atoms with E-state index in [1.807, 2.05) is 6.92 Å². The van der Waals surface area contributed by atoms with Crippen molar-refractivity contribution in [1.29, 1.82) is 0 Å². The van der Waals surface area contributed by atoms with Crippen LogP contribution in [0.2, 0.25) is 0 Å². The Morgan fingerprint density at radius 1 is 1.24 bits per heavy atom. The Morgan fingerprint density at radius 3 is 2.57 bits per heavy atom. The van der Waals surface area contributed by atoms with Crippen molar-refractivity contribution < 1.29 is 13.2 Å². The zero-order valence-electron chi connectivity index (χ0n) is 13.4. The highest BCUT2D eigenvalue weighted by atomic mass is 32.2. The first-order valence-electron chi connectivity index (χ1n) is 7.46. The lowest BCUT2D eigenvalue weighted by Crippen LogP contribution is -2.22. The van der Waals surface area contributed by atoms with Gasteiger partial charge in [0.15, 0.2) is 9.84 Å². The molecule has 120 valence electrons. The van der Waals surface area contributed by atoms with E-state index < -0.39 is 9.84 Å². The van der Waals surface area contributed by atoms with Gasteiger partial charge in [-0.25, -0.2) is 8.42 Å². The third-order valence-electron chi connectivity index (χ3n) is 3.09. The van der Waals surface area contributed by atoms with Crippen molar-refractivity contribution in [2.24, 2.45) is 5.92 Å². The second-order valence-electron chi connectivity index (χ2n) is 5.92. The SMILES string of the molecule is CC(C)CNCCCC(C)Oc1cccc(S(C)(=O)=O)c1. The molecule has 0 aliphatic rings. The van der Waals surface area contributed by atoms with Crippen LogP contribution in [0.5, 0.6) is 5.75 Å². The number of sulfone groups is 1. The molecule has 1 atom stereocenters. The lowest BCUT2D eigenvalue weighted by molar-refractivity contribution is 0.207. The van der Waals surface area contributed by atoms with E-state index in [-0.39, 0.29) is 6.10 Å². The smallest absolute Gasteiger partial charge is 0.175 e. The maximum atomic E-state index is 11.5. The summed E-state index contributed by atoms with van der Waals surface area (Å²) in [5.74, 6) is 1.28. The van der Waals surface area contributed by atoms with Crippen molar-refractivity contribution in [2.75, 3.05) is 19.3 Å². The Bertz CT molecular complexity index is 526. The molecular formula is C16H27NO3S. The normalized spacial score (nSPS) is 13.4. The average molecular weight is 313 g/mol. The second kappa shape index (κ2) is 8.39. The van der Waals surface area contributed by atoms with E-state index in [2.05, 4.69) is 19.2 Å². The molecule has 1 N–H and O–H groups in total. The van der Waals surface area contributed by atoms with Gasteiger partial charge in [0.05, 0.1) is 11.0 Å². The van der Waals surface area contributed by atoms with Crippen LogP contribution in [-0.2, 0) is 9.84 Å². The van der Waals surface area contributed by atoms with Crippen LogP contribution in [-0.4, -0.2) is 33.9 Å². The van der Waals surface area contributed by atoms with E-state index in [9.17, 15) is 8.42 Å². The summed E-state index contributed by atoms with van der Waals surface area (Å²) in [5, 5.41) is 3.40. The van der Waals surface area contributed by atoms with Gasteiger partial charge in [-0.05, 0) is 57.0 Å². The molecule has 0 amide bonds. The fourth-order valence-electron chi connectivity index (χ4n) is 1.97. The van der Waals surface area contributed by atoms with Crippen molar-refractivity contribution in [3.63, 3.8) is 0 Å². The third kappa shape index (κ3) is 7.48. The fraction of sp³-hybridized carbons (Fsp3) is 0.625. The summed E-state index contributed by atoms with van der Waals surface area (Å²) in [7, 11) is -3.18. The van der Waals surface area contributed by atoms with Gasteiger partial charge in [0.25, 0.3) is 0 Å². The Kier molecular flexibility index (Phi) is 7.18. The summed E-state index contributed by atoms with van der Waals surface area (Å²) >= 11 is 0. The molecule has 0 aliphatic heterocycles. The average Bonchev–Trinajstić information content (AvgIpc) is 2.37. The lowest BCUT2D eigenvalue weighted by atomic mass is 10.2. The zero-order valence-corrected chi connectivity index (χ0v) is 14.2. The molecule has 1 unspecified atom stereocenters. The van der Waals surface area contributed by atoms with Gasteiger partial charge in [0, 0.05) is 6.26 Å². The Labute approximate surface area is 128 Å². The highest BCUT2D eigenvalue weighted by Crippen LogP contribution is 2.19. The molecule has 0 bridgehead atoms. The number of hydrogen-bond acceptors (Lipinski definition) is 4. The molecule has 0 heterocycles. The van der Waals surface area contributed by atoms with Gasteiger partial charge in [-0.3, -0.25) is 0 Å². The van der Waals surface area contributed by atoms with E-state index in [0.29, 0.717) is 16.6 Å². The molecular weight excluding hydrogens is 286 g/mol. The van der Waals surface area contributed by atoms with E-state index in [1.54, 1.807) is 24.3 Å². The standard InChI is InChI=1S/C16H27NO3S/c1-13(2)12-17-10-6-7-14(3)20-15-8-5-9-16(11-15)21(4,18)19/h5,8-9,11,13-14,17H,6-7,10,12H2,1-4H3. The van der Waals surface area contributed by atoms with E-state index in [4.69, 9.17) is 4.74 Å². The molecule has 0 radical (unpaired) electrons. The predicted molar refractivity (Wildman–Crippen MR) is 86.6 cm³/mol. The van der Waals surface area contributed by atoms with Crippen molar-refractivity contribution >= 4 is 9.84 Å². The van der Waals surface area contributed by atoms with Crippen molar-refractivity contribution in [3.8, 4) is 5.75 Å². The summed E-state index contributed by atoms with van der Waals surface area (Å²) in [6, 6.07) is 6.68. The van der Waals surface area contributed by atoms with Gasteiger partial charge in [0.2, 0.25) is 0 Å². The molecule has 0 fully saturated rings. The number of nitrogens with one attached hydrogen (secondary N) is 1. The van der Waals surface area contributed by atoms with Crippen LogP contribution >= 0.6 is 0 Å². The minimum Gasteiger partial charge on any atom is -0.491 e. The molecule has 4 nitrogen and oxygen atoms in total. The molecule has 0 aliphatic carbocycles. The Morgan fingerprint density at radius 2 is 1.95 bits per heavy atom. The fourth-order valence-corrected chi connectivity index (χ4v) is 2.63. The van der Waals surface area contributed by atoms with Gasteiger partial charge in [-0.1, -0.05) is 19.9 Å². The number of hydrogen-bond donors (Lipinski definition) is 1. The number of benzene rings is 1. The molecule has 0 spiro atoms. The molecule has 1 aromatic rings. The third-order valence-corrected chi connectivity index (χ3v) is 4.20. The van der Waals surface area contributed by atoms with Gasteiger partial charge in [-0.2, -0.15) is 0 Å². The molecule has 1 aromatic carbocycles. The van der Waals surface area contributed by atoms with Gasteiger partial charge < -0.3 is 10.1 Å². The van der Waals surface area contributed by atoms with Crippen LogP contribution in [0.4, 0.5) is 0 Å². The highest BCUT2D eigenvalue weighted by Gasteiger charge is 2.09. The first-order valence-corrected chi connectivity index (χ1v) is 9.35. The second-order valence-corrected chi connectivity index (χ2v) is 7.93. The van der Waals surface area contributed by atoms with Crippen molar-refractivity contribution in [2.45, 2.75) is 44.6 Å². The molecule has 5 heteroatoms. The van der Waals surface area contributed by atoms with Crippen molar-refractivity contribution in [3.05, 3.63) is 24.3 Å². The first kappa shape index (κ1) is 18.0. The number of ether oxygens (including phenoxy) is 1. The van der Waals surface area contributed by atoms with Gasteiger partial charge in [-0.15, -0.1) is 0 Å². The first-order chi connectivity index (χ1) is 9.79. The lowest BCUT2D eigenvalue weighted by Gasteiger charge is -2.15. The van der Waals surface area contributed by atoms with Crippen LogP contribution in [0.1, 0.15) is 33.6 Å². The maximum Gasteiger partial charge on any atom is 0.175 e. The number of rotatable bonds is 9. The van der Waals surface area contributed by atoms with Crippen molar-refractivity contribution in [1.82, 2.24) is 5.32 Å².